The van der Waals surface area contributed by atoms with Crippen molar-refractivity contribution >= 4 is 11.6 Å². The molecule has 1 atom stereocenters. The summed E-state index contributed by atoms with van der Waals surface area (Å²) >= 11 is 6.02. The number of unbranched alkanes of at least 4 members (excludes halogenated alkanes) is 7. The number of benzene rings is 1. The van der Waals surface area contributed by atoms with Gasteiger partial charge in [-0.2, -0.15) is 0 Å². The second-order valence-corrected chi connectivity index (χ2v) is 5.97. The Morgan fingerprint density at radius 2 is 1.70 bits per heavy atom. The van der Waals surface area contributed by atoms with E-state index in [-0.39, 0.29) is 6.04 Å². The Hall–Kier alpha value is -0.570. The zero-order chi connectivity index (χ0) is 14.6. The summed E-state index contributed by atoms with van der Waals surface area (Å²) in [6.07, 6.45) is 11.8. The molecule has 0 amide bonds. The lowest BCUT2D eigenvalue weighted by Gasteiger charge is -2.16. The summed E-state index contributed by atoms with van der Waals surface area (Å²) in [5.74, 6) is 5.66. The first-order valence-corrected chi connectivity index (χ1v) is 8.37. The minimum atomic E-state index is 0.216. The summed E-state index contributed by atoms with van der Waals surface area (Å²) in [4.78, 5) is 0. The molecule has 114 valence electrons. The van der Waals surface area contributed by atoms with Gasteiger partial charge in [-0.1, -0.05) is 82.0 Å². The van der Waals surface area contributed by atoms with Crippen molar-refractivity contribution in [2.45, 2.75) is 70.8 Å². The Balaban J connectivity index is 2.16. The number of halogens is 1. The summed E-state index contributed by atoms with van der Waals surface area (Å²) in [6, 6.07) is 8.18. The average molecular weight is 297 g/mol. The third-order valence-corrected chi connectivity index (χ3v) is 4.03. The molecule has 1 aromatic rings. The van der Waals surface area contributed by atoms with Crippen LogP contribution in [0.5, 0.6) is 0 Å². The van der Waals surface area contributed by atoms with E-state index in [0.717, 1.165) is 11.4 Å². The molecular formula is C17H29ClN2. The van der Waals surface area contributed by atoms with Gasteiger partial charge in [0, 0.05) is 11.1 Å². The normalized spacial score (nSPS) is 12.6. The number of rotatable bonds is 11. The number of nitrogens with one attached hydrogen (secondary N) is 1. The monoisotopic (exact) mass is 296 g/mol. The van der Waals surface area contributed by atoms with Crippen LogP contribution in [0.15, 0.2) is 24.3 Å². The van der Waals surface area contributed by atoms with Gasteiger partial charge >= 0.3 is 0 Å². The predicted molar refractivity (Wildman–Crippen MR) is 88.7 cm³/mol. The lowest BCUT2D eigenvalue weighted by atomic mass is 10.00. The quantitative estimate of drug-likeness (QED) is 0.327. The summed E-state index contributed by atoms with van der Waals surface area (Å²) in [5, 5.41) is 0.777. The molecule has 0 spiro atoms. The van der Waals surface area contributed by atoms with Gasteiger partial charge in [0.1, 0.15) is 0 Å². The second kappa shape index (κ2) is 11.1. The molecule has 0 heterocycles. The third kappa shape index (κ3) is 7.28. The lowest BCUT2D eigenvalue weighted by Crippen LogP contribution is -2.27. The smallest absolute Gasteiger partial charge is 0.0460 e. The van der Waals surface area contributed by atoms with E-state index in [1.807, 2.05) is 18.2 Å². The molecule has 0 aliphatic heterocycles. The van der Waals surface area contributed by atoms with Crippen molar-refractivity contribution < 1.29 is 0 Å². The van der Waals surface area contributed by atoms with Crippen LogP contribution in [0.3, 0.4) is 0 Å². The van der Waals surface area contributed by atoms with Gasteiger partial charge in [0.15, 0.2) is 0 Å². The van der Waals surface area contributed by atoms with Crippen molar-refractivity contribution in [3.8, 4) is 0 Å². The minimum absolute atomic E-state index is 0.216. The fraction of sp³-hybridized carbons (Fsp3) is 0.647. The van der Waals surface area contributed by atoms with Crippen LogP contribution in [0.4, 0.5) is 0 Å². The average Bonchev–Trinajstić information content (AvgIpc) is 2.46. The van der Waals surface area contributed by atoms with Crippen LogP contribution >= 0.6 is 11.6 Å². The van der Waals surface area contributed by atoms with Crippen LogP contribution in [0, 0.1) is 0 Å². The molecule has 1 unspecified atom stereocenters. The Morgan fingerprint density at radius 1 is 1.05 bits per heavy atom. The maximum absolute atomic E-state index is 6.02. The number of hydrogen-bond acceptors (Lipinski definition) is 2. The molecule has 0 bridgehead atoms. The zero-order valence-electron chi connectivity index (χ0n) is 12.7. The summed E-state index contributed by atoms with van der Waals surface area (Å²) in [7, 11) is 0. The summed E-state index contributed by atoms with van der Waals surface area (Å²) in [6.45, 7) is 2.26. The summed E-state index contributed by atoms with van der Waals surface area (Å²) in [5.41, 5.74) is 4.09. The van der Waals surface area contributed by atoms with Gasteiger partial charge in [0.25, 0.3) is 0 Å². The van der Waals surface area contributed by atoms with Gasteiger partial charge in [0.2, 0.25) is 0 Å². The highest BCUT2D eigenvalue weighted by Crippen LogP contribution is 2.22. The van der Waals surface area contributed by atoms with Gasteiger partial charge in [-0.25, -0.2) is 0 Å². The zero-order valence-corrected chi connectivity index (χ0v) is 13.5. The first-order valence-electron chi connectivity index (χ1n) is 7.99. The molecule has 0 aliphatic rings. The molecule has 1 aromatic carbocycles. The first-order chi connectivity index (χ1) is 9.77. The van der Waals surface area contributed by atoms with Gasteiger partial charge in [0.05, 0.1) is 0 Å². The second-order valence-electron chi connectivity index (χ2n) is 5.54. The molecular weight excluding hydrogens is 268 g/mol. The largest absolute Gasteiger partial charge is 0.271 e. The van der Waals surface area contributed by atoms with E-state index in [1.165, 1.54) is 56.9 Å². The highest BCUT2D eigenvalue weighted by Gasteiger charge is 2.09. The Kier molecular flexibility index (Phi) is 9.73. The molecule has 20 heavy (non-hydrogen) atoms. The Morgan fingerprint density at radius 3 is 2.30 bits per heavy atom. The van der Waals surface area contributed by atoms with Crippen molar-refractivity contribution in [3.63, 3.8) is 0 Å². The lowest BCUT2D eigenvalue weighted by molar-refractivity contribution is 0.475. The van der Waals surface area contributed by atoms with Crippen molar-refractivity contribution in [1.29, 1.82) is 0 Å². The van der Waals surface area contributed by atoms with E-state index >= 15 is 0 Å². The van der Waals surface area contributed by atoms with Crippen LogP contribution in [-0.4, -0.2) is 0 Å². The van der Waals surface area contributed by atoms with Crippen molar-refractivity contribution in [2.24, 2.45) is 5.84 Å². The standard InChI is InChI=1S/C17H29ClN2/c1-2-3-4-5-6-7-8-9-13-17(20-19)15-11-10-12-16(18)14-15/h10-12,14,17,20H,2-9,13,19H2,1H3. The first kappa shape index (κ1) is 17.5. The van der Waals surface area contributed by atoms with Crippen LogP contribution in [-0.2, 0) is 0 Å². The van der Waals surface area contributed by atoms with Crippen LogP contribution in [0.1, 0.15) is 76.3 Å². The highest BCUT2D eigenvalue weighted by molar-refractivity contribution is 6.30. The van der Waals surface area contributed by atoms with Gasteiger partial charge in [-0.3, -0.25) is 11.3 Å². The van der Waals surface area contributed by atoms with E-state index in [1.54, 1.807) is 0 Å². The molecule has 3 N–H and O–H groups in total. The topological polar surface area (TPSA) is 38.0 Å². The van der Waals surface area contributed by atoms with E-state index in [9.17, 15) is 0 Å². The van der Waals surface area contributed by atoms with Gasteiger partial charge in [-0.15, -0.1) is 0 Å². The maximum Gasteiger partial charge on any atom is 0.0460 e. The van der Waals surface area contributed by atoms with Gasteiger partial charge in [-0.05, 0) is 24.1 Å². The highest BCUT2D eigenvalue weighted by atomic mass is 35.5. The molecule has 1 rings (SSSR count). The van der Waals surface area contributed by atoms with E-state index in [0.29, 0.717) is 0 Å². The number of hydrogen-bond donors (Lipinski definition) is 2. The molecule has 0 fully saturated rings. The summed E-state index contributed by atoms with van der Waals surface area (Å²) < 4.78 is 0. The van der Waals surface area contributed by atoms with E-state index in [2.05, 4.69) is 18.4 Å². The Bertz CT molecular complexity index is 355. The fourth-order valence-electron chi connectivity index (χ4n) is 2.55. The number of nitrogens with two attached hydrogens (primary N) is 1. The fourth-order valence-corrected chi connectivity index (χ4v) is 2.75. The molecule has 3 heteroatoms. The molecule has 2 nitrogen and oxygen atoms in total. The van der Waals surface area contributed by atoms with E-state index in [4.69, 9.17) is 17.4 Å². The van der Waals surface area contributed by atoms with E-state index < -0.39 is 0 Å². The molecule has 0 radical (unpaired) electrons. The SMILES string of the molecule is CCCCCCCCCCC(NN)c1cccc(Cl)c1. The number of hydrazine groups is 1. The van der Waals surface area contributed by atoms with Crippen LogP contribution in [0.2, 0.25) is 5.02 Å². The van der Waals surface area contributed by atoms with Crippen molar-refractivity contribution in [2.75, 3.05) is 0 Å². The molecule has 0 saturated heterocycles. The molecule has 0 saturated carbocycles. The molecule has 0 aromatic heterocycles. The molecule has 0 aliphatic carbocycles. The van der Waals surface area contributed by atoms with Crippen molar-refractivity contribution in [1.82, 2.24) is 5.43 Å². The Labute approximate surface area is 129 Å². The maximum atomic E-state index is 6.02. The predicted octanol–water partition coefficient (Wildman–Crippen LogP) is 5.38. The van der Waals surface area contributed by atoms with Crippen molar-refractivity contribution in [3.05, 3.63) is 34.9 Å². The third-order valence-electron chi connectivity index (χ3n) is 3.80. The van der Waals surface area contributed by atoms with Crippen LogP contribution < -0.4 is 11.3 Å². The van der Waals surface area contributed by atoms with Crippen LogP contribution in [0.25, 0.3) is 0 Å². The van der Waals surface area contributed by atoms with Gasteiger partial charge < -0.3 is 0 Å². The minimum Gasteiger partial charge on any atom is -0.271 e.